The van der Waals surface area contributed by atoms with E-state index in [1.165, 1.54) is 19.3 Å². The molecule has 0 heterocycles. The molecule has 1 unspecified atom stereocenters. The topological polar surface area (TPSA) is 12.0 Å². The van der Waals surface area contributed by atoms with Gasteiger partial charge in [0.1, 0.15) is 5.82 Å². The predicted octanol–water partition coefficient (Wildman–Crippen LogP) is 5.17. The third-order valence-electron chi connectivity index (χ3n) is 3.15. The fraction of sp³-hybridized carbons (Fsp3) is 0.625. The summed E-state index contributed by atoms with van der Waals surface area (Å²) in [5.74, 6) is 0.988. The van der Waals surface area contributed by atoms with Gasteiger partial charge in [0, 0.05) is 16.5 Å². The normalized spacial score (nSPS) is 12.6. The predicted molar refractivity (Wildman–Crippen MR) is 83.4 cm³/mol. The minimum atomic E-state index is -0.0865. The lowest BCUT2D eigenvalue weighted by molar-refractivity contribution is 0.519. The maximum Gasteiger partial charge on any atom is 0.129 e. The summed E-state index contributed by atoms with van der Waals surface area (Å²) in [6, 6.07) is 5.50. The highest BCUT2D eigenvalue weighted by Gasteiger charge is 2.15. The highest BCUT2D eigenvalue weighted by atomic mass is 32.2. The first-order valence-corrected chi connectivity index (χ1v) is 8.33. The Labute approximate surface area is 121 Å². The van der Waals surface area contributed by atoms with Crippen molar-refractivity contribution in [1.82, 2.24) is 5.32 Å². The second-order valence-corrected chi connectivity index (χ2v) is 6.02. The van der Waals surface area contributed by atoms with E-state index in [0.717, 1.165) is 29.2 Å². The van der Waals surface area contributed by atoms with Gasteiger partial charge < -0.3 is 5.32 Å². The molecule has 0 aliphatic rings. The number of hydrogen-bond donors (Lipinski definition) is 1. The number of halogens is 1. The molecule has 1 N–H and O–H groups in total. The maximum atomic E-state index is 14.0. The number of unbranched alkanes of at least 4 members (excludes halogenated alkanes) is 2. The van der Waals surface area contributed by atoms with Gasteiger partial charge >= 0.3 is 0 Å². The standard InChI is InChI=1S/C16H26FNS/c1-4-6-7-12-19-15-10-8-9-14(17)16(15)13(3)18-11-5-2/h8-10,13,18H,4-7,11-12H2,1-3H3. The van der Waals surface area contributed by atoms with Crippen molar-refractivity contribution in [1.29, 1.82) is 0 Å². The molecule has 0 spiro atoms. The first-order chi connectivity index (χ1) is 9.20. The average Bonchev–Trinajstić information content (AvgIpc) is 2.41. The van der Waals surface area contributed by atoms with E-state index in [1.54, 1.807) is 17.8 Å². The van der Waals surface area contributed by atoms with Crippen molar-refractivity contribution in [2.75, 3.05) is 12.3 Å². The fourth-order valence-electron chi connectivity index (χ4n) is 2.06. The van der Waals surface area contributed by atoms with Crippen molar-refractivity contribution in [2.24, 2.45) is 0 Å². The lowest BCUT2D eigenvalue weighted by atomic mass is 10.1. The second kappa shape index (κ2) is 9.38. The summed E-state index contributed by atoms with van der Waals surface area (Å²) < 4.78 is 14.0. The van der Waals surface area contributed by atoms with E-state index in [1.807, 2.05) is 19.1 Å². The molecule has 1 aromatic carbocycles. The molecule has 0 saturated carbocycles. The Balaban J connectivity index is 2.71. The van der Waals surface area contributed by atoms with Crippen molar-refractivity contribution < 1.29 is 4.39 Å². The lowest BCUT2D eigenvalue weighted by Gasteiger charge is -2.18. The van der Waals surface area contributed by atoms with E-state index in [9.17, 15) is 4.39 Å². The fourth-order valence-corrected chi connectivity index (χ4v) is 3.23. The SMILES string of the molecule is CCCCCSc1cccc(F)c1C(C)NCCC. The van der Waals surface area contributed by atoms with E-state index in [-0.39, 0.29) is 11.9 Å². The molecule has 1 rings (SSSR count). The van der Waals surface area contributed by atoms with Crippen LogP contribution in [-0.2, 0) is 0 Å². The van der Waals surface area contributed by atoms with Crippen LogP contribution in [0.2, 0.25) is 0 Å². The average molecular weight is 283 g/mol. The summed E-state index contributed by atoms with van der Waals surface area (Å²) in [5, 5.41) is 3.38. The second-order valence-electron chi connectivity index (χ2n) is 4.88. The molecule has 0 bridgehead atoms. The van der Waals surface area contributed by atoms with Crippen LogP contribution < -0.4 is 5.32 Å². The Morgan fingerprint density at radius 1 is 1.21 bits per heavy atom. The molecule has 1 atom stereocenters. The molecule has 0 aromatic heterocycles. The van der Waals surface area contributed by atoms with E-state index in [2.05, 4.69) is 19.2 Å². The summed E-state index contributed by atoms with van der Waals surface area (Å²) in [6.45, 7) is 7.30. The van der Waals surface area contributed by atoms with Gasteiger partial charge in [0.2, 0.25) is 0 Å². The van der Waals surface area contributed by atoms with Crippen molar-refractivity contribution >= 4 is 11.8 Å². The van der Waals surface area contributed by atoms with Gasteiger partial charge in [-0.05, 0) is 44.2 Å². The molecule has 0 radical (unpaired) electrons. The van der Waals surface area contributed by atoms with Gasteiger partial charge in [-0.3, -0.25) is 0 Å². The molecule has 0 saturated heterocycles. The highest BCUT2D eigenvalue weighted by Crippen LogP contribution is 2.30. The van der Waals surface area contributed by atoms with Crippen molar-refractivity contribution in [3.05, 3.63) is 29.6 Å². The number of benzene rings is 1. The molecule has 108 valence electrons. The van der Waals surface area contributed by atoms with Crippen LogP contribution in [0.3, 0.4) is 0 Å². The van der Waals surface area contributed by atoms with Gasteiger partial charge in [-0.15, -0.1) is 11.8 Å². The Hall–Kier alpha value is -0.540. The van der Waals surface area contributed by atoms with Gasteiger partial charge in [-0.25, -0.2) is 4.39 Å². The third-order valence-corrected chi connectivity index (χ3v) is 4.31. The highest BCUT2D eigenvalue weighted by molar-refractivity contribution is 7.99. The van der Waals surface area contributed by atoms with E-state index in [4.69, 9.17) is 0 Å². The molecule has 3 heteroatoms. The monoisotopic (exact) mass is 283 g/mol. The molecular weight excluding hydrogens is 257 g/mol. The molecule has 0 aliphatic carbocycles. The number of thioether (sulfide) groups is 1. The molecule has 0 amide bonds. The zero-order chi connectivity index (χ0) is 14.1. The van der Waals surface area contributed by atoms with Crippen molar-refractivity contribution in [3.63, 3.8) is 0 Å². The van der Waals surface area contributed by atoms with Gasteiger partial charge in [0.05, 0.1) is 0 Å². The summed E-state index contributed by atoms with van der Waals surface area (Å²) in [4.78, 5) is 1.09. The Bertz CT molecular complexity index is 368. The zero-order valence-electron chi connectivity index (χ0n) is 12.3. The van der Waals surface area contributed by atoms with Crippen LogP contribution in [0.5, 0.6) is 0 Å². The minimum absolute atomic E-state index is 0.0785. The van der Waals surface area contributed by atoms with Crippen molar-refractivity contribution in [2.45, 2.75) is 57.4 Å². The molecule has 19 heavy (non-hydrogen) atoms. The van der Waals surface area contributed by atoms with Crippen LogP contribution >= 0.6 is 11.8 Å². The van der Waals surface area contributed by atoms with E-state index >= 15 is 0 Å². The summed E-state index contributed by atoms with van der Waals surface area (Å²) in [7, 11) is 0. The quantitative estimate of drug-likeness (QED) is 0.496. The maximum absolute atomic E-state index is 14.0. The number of nitrogens with one attached hydrogen (secondary N) is 1. The van der Waals surface area contributed by atoms with Crippen LogP contribution in [0.1, 0.15) is 58.1 Å². The summed E-state index contributed by atoms with van der Waals surface area (Å²) >= 11 is 1.78. The van der Waals surface area contributed by atoms with Gasteiger partial charge in [-0.1, -0.05) is 32.8 Å². The first kappa shape index (κ1) is 16.5. The van der Waals surface area contributed by atoms with Crippen LogP contribution in [0.4, 0.5) is 4.39 Å². The smallest absolute Gasteiger partial charge is 0.129 e. The Morgan fingerprint density at radius 2 is 2.00 bits per heavy atom. The van der Waals surface area contributed by atoms with Crippen molar-refractivity contribution in [3.8, 4) is 0 Å². The minimum Gasteiger partial charge on any atom is -0.310 e. The van der Waals surface area contributed by atoms with Gasteiger partial charge in [0.25, 0.3) is 0 Å². The summed E-state index contributed by atoms with van der Waals surface area (Å²) in [6.07, 6.45) is 4.75. The lowest BCUT2D eigenvalue weighted by Crippen LogP contribution is -2.21. The first-order valence-electron chi connectivity index (χ1n) is 7.35. The molecule has 0 aliphatic heterocycles. The van der Waals surface area contributed by atoms with Crippen LogP contribution in [-0.4, -0.2) is 12.3 Å². The third kappa shape index (κ3) is 5.53. The largest absolute Gasteiger partial charge is 0.310 e. The van der Waals surface area contributed by atoms with E-state index in [0.29, 0.717) is 0 Å². The number of rotatable bonds is 9. The Morgan fingerprint density at radius 3 is 2.68 bits per heavy atom. The molecule has 1 nitrogen and oxygen atoms in total. The zero-order valence-corrected chi connectivity index (χ0v) is 13.2. The van der Waals surface area contributed by atoms with E-state index < -0.39 is 0 Å². The van der Waals surface area contributed by atoms with Crippen LogP contribution in [0.15, 0.2) is 23.1 Å². The number of hydrogen-bond acceptors (Lipinski definition) is 2. The Kier molecular flexibility index (Phi) is 8.15. The molecule has 1 aromatic rings. The molecule has 0 fully saturated rings. The van der Waals surface area contributed by atoms with Crippen LogP contribution in [0, 0.1) is 5.82 Å². The summed E-state index contributed by atoms with van der Waals surface area (Å²) in [5.41, 5.74) is 0.831. The van der Waals surface area contributed by atoms with Gasteiger partial charge in [-0.2, -0.15) is 0 Å². The van der Waals surface area contributed by atoms with Crippen LogP contribution in [0.25, 0.3) is 0 Å². The molecular formula is C16H26FNS. The van der Waals surface area contributed by atoms with Gasteiger partial charge in [0.15, 0.2) is 0 Å².